The summed E-state index contributed by atoms with van der Waals surface area (Å²) in [6.45, 7) is 1.83. The minimum absolute atomic E-state index is 0.169. The molecule has 0 bridgehead atoms. The van der Waals surface area contributed by atoms with E-state index in [0.29, 0.717) is 22.8 Å². The number of fused-ring (bicyclic) bond motifs is 1. The van der Waals surface area contributed by atoms with Crippen molar-refractivity contribution < 1.29 is 28.5 Å². The van der Waals surface area contributed by atoms with Crippen LogP contribution in [0.4, 0.5) is 0 Å². The molecular weight excluding hydrogens is 388 g/mol. The maximum absolute atomic E-state index is 12.3. The van der Waals surface area contributed by atoms with E-state index in [2.05, 4.69) is 5.32 Å². The van der Waals surface area contributed by atoms with E-state index in [-0.39, 0.29) is 18.9 Å². The quantitative estimate of drug-likeness (QED) is 0.426. The molecule has 0 aromatic heterocycles. The van der Waals surface area contributed by atoms with E-state index in [0.717, 1.165) is 5.56 Å². The van der Waals surface area contributed by atoms with Gasteiger partial charge in [-0.1, -0.05) is 18.2 Å². The van der Waals surface area contributed by atoms with Crippen molar-refractivity contribution in [3.8, 4) is 23.3 Å². The molecule has 0 radical (unpaired) electrons. The first-order valence-electron chi connectivity index (χ1n) is 9.13. The Morgan fingerprint density at radius 2 is 2.03 bits per heavy atom. The lowest BCUT2D eigenvalue weighted by molar-refractivity contribution is -0.150. The van der Waals surface area contributed by atoms with Crippen LogP contribution in [0.25, 0.3) is 6.08 Å². The number of hydrogen-bond acceptors (Lipinski definition) is 7. The number of carbonyl (C=O) groups excluding carboxylic acids is 2. The summed E-state index contributed by atoms with van der Waals surface area (Å²) in [6, 6.07) is 14.0. The van der Waals surface area contributed by atoms with Crippen LogP contribution in [0.3, 0.4) is 0 Å². The number of ether oxygens (including phenoxy) is 4. The van der Waals surface area contributed by atoms with Crippen molar-refractivity contribution in [1.82, 2.24) is 5.32 Å². The molecule has 0 spiro atoms. The van der Waals surface area contributed by atoms with Gasteiger partial charge in [-0.15, -0.1) is 0 Å². The third-order valence-corrected chi connectivity index (χ3v) is 4.30. The van der Waals surface area contributed by atoms with Crippen molar-refractivity contribution in [1.29, 1.82) is 5.26 Å². The van der Waals surface area contributed by atoms with Crippen molar-refractivity contribution in [3.05, 3.63) is 59.2 Å². The number of nitriles is 1. The summed E-state index contributed by atoms with van der Waals surface area (Å²) in [7, 11) is 1.52. The number of benzene rings is 2. The van der Waals surface area contributed by atoms with E-state index in [1.54, 1.807) is 48.5 Å². The molecule has 1 amide bonds. The van der Waals surface area contributed by atoms with Gasteiger partial charge >= 0.3 is 5.97 Å². The van der Waals surface area contributed by atoms with Gasteiger partial charge < -0.3 is 24.3 Å². The van der Waals surface area contributed by atoms with E-state index < -0.39 is 18.0 Å². The van der Waals surface area contributed by atoms with Crippen molar-refractivity contribution in [2.75, 3.05) is 13.9 Å². The molecule has 1 atom stereocenters. The van der Waals surface area contributed by atoms with Gasteiger partial charge in [-0.2, -0.15) is 5.26 Å². The third kappa shape index (κ3) is 5.08. The molecular formula is C22H20N2O6. The van der Waals surface area contributed by atoms with Crippen molar-refractivity contribution >= 4 is 18.0 Å². The van der Waals surface area contributed by atoms with Gasteiger partial charge in [-0.05, 0) is 48.4 Å². The highest BCUT2D eigenvalue weighted by Crippen LogP contribution is 2.32. The van der Waals surface area contributed by atoms with Gasteiger partial charge in [-0.25, -0.2) is 4.79 Å². The summed E-state index contributed by atoms with van der Waals surface area (Å²) in [5.41, 5.74) is 1.18. The maximum atomic E-state index is 12.3. The number of methoxy groups -OCH3 is 1. The lowest BCUT2D eigenvalue weighted by Crippen LogP contribution is -2.35. The molecule has 154 valence electrons. The molecule has 0 aliphatic carbocycles. The van der Waals surface area contributed by atoms with Crippen molar-refractivity contribution in [2.45, 2.75) is 19.6 Å². The first-order chi connectivity index (χ1) is 14.5. The summed E-state index contributed by atoms with van der Waals surface area (Å²) in [5.74, 6) is 0.484. The smallest absolute Gasteiger partial charge is 0.349 e. The Morgan fingerprint density at radius 1 is 1.23 bits per heavy atom. The number of rotatable bonds is 7. The average molecular weight is 408 g/mol. The van der Waals surface area contributed by atoms with Crippen LogP contribution in [0, 0.1) is 11.3 Å². The second-order valence-corrected chi connectivity index (χ2v) is 6.40. The molecule has 2 aromatic rings. The van der Waals surface area contributed by atoms with Crippen molar-refractivity contribution in [2.24, 2.45) is 0 Å². The zero-order valence-electron chi connectivity index (χ0n) is 16.5. The van der Waals surface area contributed by atoms with Crippen LogP contribution in [0.1, 0.15) is 18.1 Å². The number of nitrogens with one attached hydrogen (secondary N) is 1. The lowest BCUT2D eigenvalue weighted by Gasteiger charge is -2.13. The van der Waals surface area contributed by atoms with E-state index in [4.69, 9.17) is 18.9 Å². The van der Waals surface area contributed by atoms with Gasteiger partial charge in [0.15, 0.2) is 17.6 Å². The van der Waals surface area contributed by atoms with Crippen LogP contribution in [-0.2, 0) is 20.9 Å². The van der Waals surface area contributed by atoms with Crippen LogP contribution in [0.15, 0.2) is 48.0 Å². The largest absolute Gasteiger partial charge is 0.497 e. The molecule has 0 saturated heterocycles. The standard InChI is InChI=1S/C22H20N2O6/c1-14(21(25)24-12-16-6-7-19-20(10-16)29-13-28-19)30-22(26)17(11-23)8-15-4-3-5-18(9-15)27-2/h3-10,14H,12-13H2,1-2H3,(H,24,25)/b17-8+/t14-/m1/s1. The first kappa shape index (κ1) is 20.7. The van der Waals surface area contributed by atoms with Crippen LogP contribution in [0.5, 0.6) is 17.2 Å². The average Bonchev–Trinajstić information content (AvgIpc) is 3.23. The van der Waals surface area contributed by atoms with Crippen molar-refractivity contribution in [3.63, 3.8) is 0 Å². The van der Waals surface area contributed by atoms with Gasteiger partial charge in [0.1, 0.15) is 17.4 Å². The highest BCUT2D eigenvalue weighted by molar-refractivity contribution is 5.99. The fourth-order valence-corrected chi connectivity index (χ4v) is 2.70. The minimum Gasteiger partial charge on any atom is -0.497 e. The Labute approximate surface area is 173 Å². The second kappa shape index (κ2) is 9.47. The van der Waals surface area contributed by atoms with Crippen LogP contribution >= 0.6 is 0 Å². The zero-order chi connectivity index (χ0) is 21.5. The van der Waals surface area contributed by atoms with Crippen LogP contribution in [-0.4, -0.2) is 31.9 Å². The summed E-state index contributed by atoms with van der Waals surface area (Å²) < 4.78 is 20.8. The highest BCUT2D eigenvalue weighted by Gasteiger charge is 2.21. The zero-order valence-corrected chi connectivity index (χ0v) is 16.5. The van der Waals surface area contributed by atoms with E-state index in [1.807, 2.05) is 0 Å². The number of esters is 1. The molecule has 30 heavy (non-hydrogen) atoms. The van der Waals surface area contributed by atoms with Crippen LogP contribution < -0.4 is 19.5 Å². The van der Waals surface area contributed by atoms with Gasteiger partial charge in [-0.3, -0.25) is 4.79 Å². The molecule has 1 heterocycles. The minimum atomic E-state index is -1.08. The predicted molar refractivity (Wildman–Crippen MR) is 107 cm³/mol. The fourth-order valence-electron chi connectivity index (χ4n) is 2.70. The third-order valence-electron chi connectivity index (χ3n) is 4.30. The van der Waals surface area contributed by atoms with E-state index in [9.17, 15) is 14.9 Å². The number of amides is 1. The molecule has 2 aromatic carbocycles. The predicted octanol–water partition coefficient (Wildman–Crippen LogP) is 2.58. The summed E-state index contributed by atoms with van der Waals surface area (Å²) in [4.78, 5) is 24.6. The molecule has 0 saturated carbocycles. The summed E-state index contributed by atoms with van der Waals surface area (Å²) >= 11 is 0. The second-order valence-electron chi connectivity index (χ2n) is 6.40. The SMILES string of the molecule is COc1cccc(/C=C(\C#N)C(=O)O[C@H](C)C(=O)NCc2ccc3c(c2)OCO3)c1. The Balaban J connectivity index is 1.57. The highest BCUT2D eigenvalue weighted by atomic mass is 16.7. The maximum Gasteiger partial charge on any atom is 0.349 e. The molecule has 8 nitrogen and oxygen atoms in total. The van der Waals surface area contributed by atoms with E-state index >= 15 is 0 Å². The Bertz CT molecular complexity index is 1020. The first-order valence-corrected chi connectivity index (χ1v) is 9.13. The lowest BCUT2D eigenvalue weighted by atomic mass is 10.1. The molecule has 1 aliphatic heterocycles. The normalized spacial score (nSPS) is 13.2. The molecule has 8 heteroatoms. The Hall–Kier alpha value is -3.99. The molecule has 3 rings (SSSR count). The molecule has 0 fully saturated rings. The summed E-state index contributed by atoms with van der Waals surface area (Å²) in [5, 5.41) is 12.0. The number of hydrogen-bond donors (Lipinski definition) is 1. The monoisotopic (exact) mass is 408 g/mol. The van der Waals surface area contributed by atoms with Gasteiger partial charge in [0, 0.05) is 6.54 Å². The number of nitrogens with zero attached hydrogens (tertiary/aromatic N) is 1. The van der Waals surface area contributed by atoms with E-state index in [1.165, 1.54) is 20.1 Å². The Morgan fingerprint density at radius 3 is 2.80 bits per heavy atom. The Kier molecular flexibility index (Phi) is 6.55. The van der Waals surface area contributed by atoms with Gasteiger partial charge in [0.25, 0.3) is 5.91 Å². The van der Waals surface area contributed by atoms with Gasteiger partial charge in [0.2, 0.25) is 6.79 Å². The topological polar surface area (TPSA) is 107 Å². The fraction of sp³-hybridized carbons (Fsp3) is 0.227. The molecule has 1 N–H and O–H groups in total. The van der Waals surface area contributed by atoms with Crippen LogP contribution in [0.2, 0.25) is 0 Å². The number of carbonyl (C=O) groups is 2. The van der Waals surface area contributed by atoms with Gasteiger partial charge in [0.05, 0.1) is 7.11 Å². The summed E-state index contributed by atoms with van der Waals surface area (Å²) in [6.07, 6.45) is 0.302. The molecule has 0 unspecified atom stereocenters. The molecule has 1 aliphatic rings.